The molecule has 0 bridgehead atoms. The van der Waals surface area contributed by atoms with Crippen molar-refractivity contribution in [1.82, 2.24) is 0 Å². The van der Waals surface area contributed by atoms with Gasteiger partial charge in [-0.05, 0) is 18.1 Å². The quantitative estimate of drug-likeness (QED) is 0.570. The third-order valence-electron chi connectivity index (χ3n) is 2.86. The molecule has 1 aromatic carbocycles. The minimum absolute atomic E-state index is 0.109. The van der Waals surface area contributed by atoms with E-state index in [1.807, 2.05) is 6.92 Å². The predicted octanol–water partition coefficient (Wildman–Crippen LogP) is 2.58. The van der Waals surface area contributed by atoms with Gasteiger partial charge in [0, 0.05) is 0 Å². The van der Waals surface area contributed by atoms with E-state index in [9.17, 15) is 13.2 Å². The van der Waals surface area contributed by atoms with Crippen LogP contribution in [0.4, 0.5) is 0 Å². The predicted molar refractivity (Wildman–Crippen MR) is 74.8 cm³/mol. The molecule has 0 unspecified atom stereocenters. The molecule has 4 nitrogen and oxygen atoms in total. The van der Waals surface area contributed by atoms with Gasteiger partial charge in [-0.15, -0.1) is 0 Å². The number of methoxy groups -OCH3 is 1. The van der Waals surface area contributed by atoms with Crippen molar-refractivity contribution < 1.29 is 17.9 Å². The van der Waals surface area contributed by atoms with Gasteiger partial charge in [-0.25, -0.2) is 13.2 Å². The lowest BCUT2D eigenvalue weighted by molar-refractivity contribution is 0.0600. The topological polar surface area (TPSA) is 60.4 Å². The van der Waals surface area contributed by atoms with Crippen LogP contribution < -0.4 is 0 Å². The number of esters is 1. The number of benzene rings is 1. The molecule has 0 N–H and O–H groups in total. The average molecular weight is 284 g/mol. The molecule has 0 atom stereocenters. The van der Waals surface area contributed by atoms with Crippen molar-refractivity contribution in [3.63, 3.8) is 0 Å². The lowest BCUT2D eigenvalue weighted by Gasteiger charge is -2.08. The van der Waals surface area contributed by atoms with Crippen molar-refractivity contribution in [1.29, 1.82) is 0 Å². The van der Waals surface area contributed by atoms with E-state index < -0.39 is 15.8 Å². The molecule has 19 heavy (non-hydrogen) atoms. The Hall–Kier alpha value is -1.36. The van der Waals surface area contributed by atoms with Crippen molar-refractivity contribution in [3.05, 3.63) is 35.4 Å². The number of hydrogen-bond acceptors (Lipinski definition) is 4. The molecule has 0 saturated carbocycles. The summed E-state index contributed by atoms with van der Waals surface area (Å²) in [6, 6.07) is 6.66. The fourth-order valence-electron chi connectivity index (χ4n) is 1.84. The Bertz CT molecular complexity index is 520. The number of hydrogen-bond donors (Lipinski definition) is 0. The lowest BCUT2D eigenvalue weighted by Crippen LogP contribution is -2.13. The summed E-state index contributed by atoms with van der Waals surface area (Å²) in [5.41, 5.74) is 0.829. The van der Waals surface area contributed by atoms with E-state index in [1.54, 1.807) is 24.3 Å². The van der Waals surface area contributed by atoms with Crippen LogP contribution in [0, 0.1) is 0 Å². The number of carbonyl (C=O) groups is 1. The molecular weight excluding hydrogens is 264 g/mol. The Morgan fingerprint density at radius 2 is 1.89 bits per heavy atom. The molecule has 1 aromatic rings. The SMILES string of the molecule is CCCCCS(=O)(=O)Cc1ccccc1C(=O)OC. The molecule has 1 rings (SSSR count). The largest absolute Gasteiger partial charge is 0.465 e. The third kappa shape index (κ3) is 5.03. The van der Waals surface area contributed by atoms with Crippen LogP contribution in [0.2, 0.25) is 0 Å². The summed E-state index contributed by atoms with van der Waals surface area (Å²) < 4.78 is 28.6. The zero-order valence-electron chi connectivity index (χ0n) is 11.4. The van der Waals surface area contributed by atoms with Gasteiger partial charge >= 0.3 is 5.97 Å². The van der Waals surface area contributed by atoms with E-state index in [0.29, 0.717) is 17.5 Å². The Balaban J connectivity index is 2.84. The van der Waals surface area contributed by atoms with Crippen LogP contribution in [-0.4, -0.2) is 27.2 Å². The first-order valence-corrected chi connectivity index (χ1v) is 8.19. The fraction of sp³-hybridized carbons (Fsp3) is 0.500. The summed E-state index contributed by atoms with van der Waals surface area (Å²) >= 11 is 0. The standard InChI is InChI=1S/C14H20O4S/c1-3-4-7-10-19(16,17)11-12-8-5-6-9-13(12)14(15)18-2/h5-6,8-9H,3-4,7,10-11H2,1-2H3. The smallest absolute Gasteiger partial charge is 0.338 e. The lowest BCUT2D eigenvalue weighted by atomic mass is 10.1. The van der Waals surface area contributed by atoms with Crippen molar-refractivity contribution in [2.75, 3.05) is 12.9 Å². The Labute approximate surface area is 114 Å². The monoisotopic (exact) mass is 284 g/mol. The molecule has 106 valence electrons. The molecule has 0 aliphatic carbocycles. The molecule has 0 fully saturated rings. The second kappa shape index (κ2) is 7.28. The van der Waals surface area contributed by atoms with Crippen LogP contribution in [0.3, 0.4) is 0 Å². The molecule has 0 amide bonds. The van der Waals surface area contributed by atoms with Crippen LogP contribution >= 0.6 is 0 Å². The van der Waals surface area contributed by atoms with Gasteiger partial charge in [-0.1, -0.05) is 38.0 Å². The molecule has 0 saturated heterocycles. The fourth-order valence-corrected chi connectivity index (χ4v) is 3.35. The highest BCUT2D eigenvalue weighted by molar-refractivity contribution is 7.90. The third-order valence-corrected chi connectivity index (χ3v) is 4.52. The van der Waals surface area contributed by atoms with E-state index in [2.05, 4.69) is 4.74 Å². The average Bonchev–Trinajstić information content (AvgIpc) is 2.38. The van der Waals surface area contributed by atoms with Gasteiger partial charge in [0.25, 0.3) is 0 Å². The van der Waals surface area contributed by atoms with Crippen molar-refractivity contribution >= 4 is 15.8 Å². The Morgan fingerprint density at radius 3 is 2.53 bits per heavy atom. The highest BCUT2D eigenvalue weighted by Gasteiger charge is 2.17. The number of unbranched alkanes of at least 4 members (excludes halogenated alkanes) is 2. The van der Waals surface area contributed by atoms with Gasteiger partial charge in [0.05, 0.1) is 24.2 Å². The Morgan fingerprint density at radius 1 is 1.21 bits per heavy atom. The van der Waals surface area contributed by atoms with E-state index in [4.69, 9.17) is 0 Å². The highest BCUT2D eigenvalue weighted by atomic mass is 32.2. The van der Waals surface area contributed by atoms with Crippen molar-refractivity contribution in [2.24, 2.45) is 0 Å². The molecular formula is C14H20O4S. The first-order chi connectivity index (χ1) is 9.00. The van der Waals surface area contributed by atoms with Gasteiger partial charge in [0.2, 0.25) is 0 Å². The molecule has 0 heterocycles. The van der Waals surface area contributed by atoms with Crippen LogP contribution in [-0.2, 0) is 20.3 Å². The summed E-state index contributed by atoms with van der Waals surface area (Å²) in [5, 5.41) is 0. The zero-order valence-corrected chi connectivity index (χ0v) is 12.2. The minimum Gasteiger partial charge on any atom is -0.465 e. The van der Waals surface area contributed by atoms with Gasteiger partial charge in [0.1, 0.15) is 0 Å². The molecule has 0 spiro atoms. The minimum atomic E-state index is -3.18. The van der Waals surface area contributed by atoms with Gasteiger partial charge in [-0.3, -0.25) is 0 Å². The molecule has 5 heteroatoms. The van der Waals surface area contributed by atoms with E-state index in [-0.39, 0.29) is 11.5 Å². The molecule has 0 aliphatic heterocycles. The van der Waals surface area contributed by atoms with Gasteiger partial charge in [0.15, 0.2) is 9.84 Å². The summed E-state index contributed by atoms with van der Waals surface area (Å²) in [6.45, 7) is 2.03. The molecule has 0 aromatic heterocycles. The van der Waals surface area contributed by atoms with Crippen LogP contribution in [0.5, 0.6) is 0 Å². The molecule has 0 radical (unpaired) electrons. The van der Waals surface area contributed by atoms with Crippen molar-refractivity contribution in [2.45, 2.75) is 31.9 Å². The van der Waals surface area contributed by atoms with Crippen LogP contribution in [0.15, 0.2) is 24.3 Å². The maximum Gasteiger partial charge on any atom is 0.338 e. The first kappa shape index (κ1) is 15.7. The second-order valence-corrected chi connectivity index (χ2v) is 6.63. The maximum atomic E-state index is 12.0. The summed E-state index contributed by atoms with van der Waals surface area (Å²) in [4.78, 5) is 11.6. The van der Waals surface area contributed by atoms with Crippen LogP contribution in [0.1, 0.15) is 42.1 Å². The summed E-state index contributed by atoms with van der Waals surface area (Å²) in [6.07, 6.45) is 2.55. The van der Waals surface area contributed by atoms with E-state index >= 15 is 0 Å². The summed E-state index contributed by atoms with van der Waals surface area (Å²) in [7, 11) is -1.89. The van der Waals surface area contributed by atoms with Crippen molar-refractivity contribution in [3.8, 4) is 0 Å². The zero-order chi connectivity index (χ0) is 14.3. The second-order valence-electron chi connectivity index (χ2n) is 4.45. The number of rotatable bonds is 7. The highest BCUT2D eigenvalue weighted by Crippen LogP contribution is 2.15. The number of sulfone groups is 1. The first-order valence-electron chi connectivity index (χ1n) is 6.37. The number of carbonyl (C=O) groups excluding carboxylic acids is 1. The Kier molecular flexibility index (Phi) is 6.02. The van der Waals surface area contributed by atoms with E-state index in [0.717, 1.165) is 12.8 Å². The van der Waals surface area contributed by atoms with Gasteiger partial charge in [-0.2, -0.15) is 0 Å². The van der Waals surface area contributed by atoms with Crippen LogP contribution in [0.25, 0.3) is 0 Å². The summed E-state index contributed by atoms with van der Waals surface area (Å²) in [5.74, 6) is -0.447. The normalized spacial score (nSPS) is 11.3. The number of ether oxygens (including phenoxy) is 1. The maximum absolute atomic E-state index is 12.0. The van der Waals surface area contributed by atoms with Gasteiger partial charge < -0.3 is 4.74 Å². The van der Waals surface area contributed by atoms with E-state index in [1.165, 1.54) is 7.11 Å². The molecule has 0 aliphatic rings.